The van der Waals surface area contributed by atoms with E-state index in [4.69, 9.17) is 11.6 Å². The van der Waals surface area contributed by atoms with Crippen molar-refractivity contribution in [2.24, 2.45) is 0 Å². The van der Waals surface area contributed by atoms with E-state index in [-0.39, 0.29) is 11.2 Å². The van der Waals surface area contributed by atoms with Gasteiger partial charge in [0, 0.05) is 21.1 Å². The molecule has 0 radical (unpaired) electrons. The summed E-state index contributed by atoms with van der Waals surface area (Å²) in [6, 6.07) is 14.6. The first-order valence-electron chi connectivity index (χ1n) is 6.22. The summed E-state index contributed by atoms with van der Waals surface area (Å²) in [4.78, 5) is 0. The summed E-state index contributed by atoms with van der Waals surface area (Å²) in [5.74, 6) is -0.209. The van der Waals surface area contributed by atoms with Crippen LogP contribution in [0.5, 0.6) is 0 Å². The number of halogens is 4. The van der Waals surface area contributed by atoms with Crippen LogP contribution in [-0.2, 0) is 11.8 Å². The molecule has 4 heteroatoms. The minimum atomic E-state index is -0.209. The first-order chi connectivity index (χ1) is 9.59. The van der Waals surface area contributed by atoms with Gasteiger partial charge in [-0.25, -0.2) is 4.39 Å². The Morgan fingerprint density at radius 3 is 2.20 bits per heavy atom. The Labute approximate surface area is 140 Å². The van der Waals surface area contributed by atoms with E-state index in [0.29, 0.717) is 0 Å². The van der Waals surface area contributed by atoms with Crippen LogP contribution in [-0.4, -0.2) is 10.7 Å². The summed E-state index contributed by atoms with van der Waals surface area (Å²) in [5.41, 5.74) is 2.16. The Hall–Kier alpha value is -0.380. The summed E-state index contributed by atoms with van der Waals surface area (Å²) in [6.07, 6.45) is 0.810. The minimum Gasteiger partial charge on any atom is -0.207 e. The van der Waals surface area contributed by atoms with Crippen LogP contribution in [0.25, 0.3) is 0 Å². The molecule has 0 heterocycles. The maximum Gasteiger partial charge on any atom is 0.123 e. The highest BCUT2D eigenvalue weighted by atomic mass is 79.9. The first kappa shape index (κ1) is 16.0. The molecule has 2 rings (SSSR count). The van der Waals surface area contributed by atoms with Gasteiger partial charge in [-0.15, -0.1) is 0 Å². The van der Waals surface area contributed by atoms with Gasteiger partial charge in [-0.2, -0.15) is 0 Å². The first-order valence-corrected chi connectivity index (χ1v) is 8.84. The number of alkyl halides is 2. The van der Waals surface area contributed by atoms with Crippen LogP contribution < -0.4 is 0 Å². The molecule has 2 aromatic carbocycles. The molecule has 0 bridgehead atoms. The van der Waals surface area contributed by atoms with Crippen LogP contribution in [0.1, 0.15) is 11.1 Å². The maximum atomic E-state index is 13.0. The lowest BCUT2D eigenvalue weighted by Crippen LogP contribution is -2.33. The Kier molecular flexibility index (Phi) is 5.65. The van der Waals surface area contributed by atoms with Crippen molar-refractivity contribution in [3.05, 3.63) is 70.5 Å². The number of rotatable bonds is 5. The zero-order valence-corrected chi connectivity index (χ0v) is 14.7. The van der Waals surface area contributed by atoms with Crippen LogP contribution in [0.15, 0.2) is 48.5 Å². The lowest BCUT2D eigenvalue weighted by atomic mass is 9.79. The van der Waals surface area contributed by atoms with E-state index in [1.165, 1.54) is 17.7 Å². The van der Waals surface area contributed by atoms with E-state index in [1.807, 2.05) is 30.3 Å². The zero-order chi connectivity index (χ0) is 14.6. The summed E-state index contributed by atoms with van der Waals surface area (Å²) in [5, 5.41) is 2.32. The average molecular weight is 421 g/mol. The molecule has 106 valence electrons. The smallest absolute Gasteiger partial charge is 0.123 e. The van der Waals surface area contributed by atoms with Gasteiger partial charge >= 0.3 is 0 Å². The van der Waals surface area contributed by atoms with Gasteiger partial charge in [-0.05, 0) is 41.8 Å². The minimum absolute atomic E-state index is 0.108. The summed E-state index contributed by atoms with van der Waals surface area (Å²) in [6.45, 7) is 0. The Bertz CT molecular complexity index is 565. The van der Waals surface area contributed by atoms with E-state index >= 15 is 0 Å². The second kappa shape index (κ2) is 7.06. The largest absolute Gasteiger partial charge is 0.207 e. The second-order valence-electron chi connectivity index (χ2n) is 4.86. The molecule has 0 unspecified atom stereocenters. The molecule has 2 aromatic rings. The monoisotopic (exact) mass is 418 g/mol. The molecule has 0 atom stereocenters. The third kappa shape index (κ3) is 3.63. The van der Waals surface area contributed by atoms with E-state index in [0.717, 1.165) is 27.7 Å². The highest BCUT2D eigenvalue weighted by molar-refractivity contribution is 9.09. The average Bonchev–Trinajstić information content (AvgIpc) is 2.47. The summed E-state index contributed by atoms with van der Waals surface area (Å²) < 4.78 is 13.0. The molecular weight excluding hydrogens is 406 g/mol. The van der Waals surface area contributed by atoms with Gasteiger partial charge in [-0.3, -0.25) is 0 Å². The standard InChI is InChI=1S/C16H14Br2ClF/c17-10-16(11-18,13-2-1-3-14(19)8-13)9-12-4-6-15(20)7-5-12/h1-8H,9-11H2. The number of hydrogen-bond donors (Lipinski definition) is 0. The quantitative estimate of drug-likeness (QED) is 0.541. The van der Waals surface area contributed by atoms with Crippen molar-refractivity contribution in [2.45, 2.75) is 11.8 Å². The van der Waals surface area contributed by atoms with Crippen LogP contribution in [0.3, 0.4) is 0 Å². The normalized spacial score (nSPS) is 11.6. The molecule has 0 aliphatic carbocycles. The van der Waals surface area contributed by atoms with E-state index in [9.17, 15) is 4.39 Å². The van der Waals surface area contributed by atoms with Gasteiger partial charge < -0.3 is 0 Å². The second-order valence-corrected chi connectivity index (χ2v) is 6.42. The van der Waals surface area contributed by atoms with Crippen molar-refractivity contribution in [1.29, 1.82) is 0 Å². The molecule has 0 fully saturated rings. The Morgan fingerprint density at radius 2 is 1.65 bits per heavy atom. The highest BCUT2D eigenvalue weighted by Crippen LogP contribution is 2.34. The van der Waals surface area contributed by atoms with Crippen LogP contribution in [0, 0.1) is 5.82 Å². The third-order valence-corrected chi connectivity index (χ3v) is 5.79. The molecule has 0 N–H and O–H groups in total. The van der Waals surface area contributed by atoms with Crippen molar-refractivity contribution in [3.63, 3.8) is 0 Å². The summed E-state index contributed by atoms with van der Waals surface area (Å²) >= 11 is 13.3. The third-order valence-electron chi connectivity index (χ3n) is 3.40. The SMILES string of the molecule is Fc1ccc(CC(CBr)(CBr)c2cccc(Cl)c2)cc1. The van der Waals surface area contributed by atoms with Crippen molar-refractivity contribution >= 4 is 43.5 Å². The van der Waals surface area contributed by atoms with Crippen molar-refractivity contribution in [2.75, 3.05) is 10.7 Å². The van der Waals surface area contributed by atoms with E-state index in [2.05, 4.69) is 37.9 Å². The lowest BCUT2D eigenvalue weighted by Gasteiger charge is -2.31. The van der Waals surface area contributed by atoms with Crippen molar-refractivity contribution in [1.82, 2.24) is 0 Å². The van der Waals surface area contributed by atoms with Gasteiger partial charge in [0.2, 0.25) is 0 Å². The summed E-state index contributed by atoms with van der Waals surface area (Å²) in [7, 11) is 0. The van der Waals surface area contributed by atoms with Gasteiger partial charge in [0.05, 0.1) is 0 Å². The molecule has 0 spiro atoms. The molecule has 0 aliphatic rings. The fourth-order valence-electron chi connectivity index (χ4n) is 2.20. The van der Waals surface area contributed by atoms with Gasteiger partial charge in [0.1, 0.15) is 5.82 Å². The molecule has 0 saturated heterocycles. The predicted molar refractivity (Wildman–Crippen MR) is 90.8 cm³/mol. The Balaban J connectivity index is 2.36. The van der Waals surface area contributed by atoms with Gasteiger partial charge in [0.15, 0.2) is 0 Å². The molecule has 0 saturated carbocycles. The fraction of sp³-hybridized carbons (Fsp3) is 0.250. The van der Waals surface area contributed by atoms with Crippen LogP contribution in [0.4, 0.5) is 4.39 Å². The van der Waals surface area contributed by atoms with Crippen molar-refractivity contribution < 1.29 is 4.39 Å². The van der Waals surface area contributed by atoms with E-state index in [1.54, 1.807) is 0 Å². The fourth-order valence-corrected chi connectivity index (χ4v) is 4.36. The van der Waals surface area contributed by atoms with Crippen LogP contribution in [0.2, 0.25) is 5.02 Å². The van der Waals surface area contributed by atoms with Crippen LogP contribution >= 0.6 is 43.5 Å². The number of benzene rings is 2. The predicted octanol–water partition coefficient (Wildman–Crippen LogP) is 5.75. The Morgan fingerprint density at radius 1 is 1.00 bits per heavy atom. The molecular formula is C16H14Br2ClF. The maximum absolute atomic E-state index is 13.0. The van der Waals surface area contributed by atoms with Gasteiger partial charge in [0.25, 0.3) is 0 Å². The zero-order valence-electron chi connectivity index (χ0n) is 10.8. The molecule has 0 nitrogen and oxygen atoms in total. The topological polar surface area (TPSA) is 0 Å². The lowest BCUT2D eigenvalue weighted by molar-refractivity contribution is 0.549. The molecule has 0 amide bonds. The highest BCUT2D eigenvalue weighted by Gasteiger charge is 2.30. The van der Waals surface area contributed by atoms with E-state index < -0.39 is 0 Å². The molecule has 0 aliphatic heterocycles. The molecule has 20 heavy (non-hydrogen) atoms. The number of hydrogen-bond acceptors (Lipinski definition) is 0. The van der Waals surface area contributed by atoms with Crippen molar-refractivity contribution in [3.8, 4) is 0 Å². The molecule has 0 aromatic heterocycles. The van der Waals surface area contributed by atoms with Gasteiger partial charge in [-0.1, -0.05) is 67.7 Å².